The van der Waals surface area contributed by atoms with Crippen molar-refractivity contribution in [3.8, 4) is 0 Å². The molecule has 4 bridgehead atoms. The molecule has 26 heteroatoms. The third-order valence-electron chi connectivity index (χ3n) is 11.0. The number of fused-ring (bicyclic) bond motifs is 6. The topological polar surface area (TPSA) is 405 Å². The van der Waals surface area contributed by atoms with E-state index in [0.29, 0.717) is 0 Å². The Morgan fingerprint density at radius 1 is 0.500 bits per heavy atom. The quantitative estimate of drug-likeness (QED) is 0.113. The monoisotopic (exact) mass is 851 g/mol. The maximum atomic E-state index is 12.5. The lowest BCUT2D eigenvalue weighted by atomic mass is 9.94. The molecule has 0 aromatic carbocycles. The van der Waals surface area contributed by atoms with Crippen molar-refractivity contribution in [2.45, 2.75) is 160 Å². The fraction of sp³-hybridized carbons (Fsp3) is 0.969. The average molecular weight is 852 g/mol. The minimum Gasteiger partial charge on any atom is -0.394 e. The van der Waals surface area contributed by atoms with Gasteiger partial charge in [0.15, 0.2) is 31.5 Å². The zero-order valence-electron chi connectivity index (χ0n) is 30.7. The van der Waals surface area contributed by atoms with Gasteiger partial charge in [-0.2, -0.15) is 0 Å². The van der Waals surface area contributed by atoms with Crippen LogP contribution in [0, 0.1) is 0 Å². The molecule has 0 aromatic rings. The summed E-state index contributed by atoms with van der Waals surface area (Å²) in [6.45, 7) is -3.28. The molecule has 0 spiro atoms. The van der Waals surface area contributed by atoms with Gasteiger partial charge in [-0.25, -0.2) is 0 Å². The van der Waals surface area contributed by atoms with E-state index in [1.54, 1.807) is 0 Å². The molecule has 6 fully saturated rings. The van der Waals surface area contributed by atoms with E-state index in [1.807, 2.05) is 0 Å². The largest absolute Gasteiger partial charge is 0.394 e. The SMILES string of the molecule is CC(=O)N[C@H]1[C@H]2OC[C@H]3O[C@H](O[C@@H]4[C@@H](O[C@@H]5[C@H](O[C@H]1[C@H](O)[C@@H](CO)O2)O[C@H](CO)[C@@H](O[C@H]1O[C@H](CO)[C@@H](O)[C@H](O)[C@H]1O)[C@@H]5O)O[C@H](CO)[C@H](O)[C@@H]4O)[C@@H](O)[C@@H](O)[C@@H]3O. The first-order valence-electron chi connectivity index (χ1n) is 18.6. The van der Waals surface area contributed by atoms with E-state index in [9.17, 15) is 76.3 Å². The summed E-state index contributed by atoms with van der Waals surface area (Å²) >= 11 is 0. The first kappa shape index (κ1) is 46.0. The van der Waals surface area contributed by atoms with Gasteiger partial charge in [0.25, 0.3) is 0 Å². The number of hydrogen-bond acceptors (Lipinski definition) is 25. The van der Waals surface area contributed by atoms with Gasteiger partial charge in [0, 0.05) is 6.92 Å². The zero-order chi connectivity index (χ0) is 42.3. The van der Waals surface area contributed by atoms with Gasteiger partial charge < -0.3 is 124 Å². The molecule has 6 heterocycles. The van der Waals surface area contributed by atoms with Crippen LogP contribution in [0.5, 0.6) is 0 Å². The molecule has 6 aliphatic rings. The van der Waals surface area contributed by atoms with Crippen LogP contribution in [0.4, 0.5) is 0 Å². The molecule has 6 saturated heterocycles. The predicted molar refractivity (Wildman–Crippen MR) is 175 cm³/mol. The van der Waals surface area contributed by atoms with E-state index in [0.717, 1.165) is 6.92 Å². The van der Waals surface area contributed by atoms with Crippen molar-refractivity contribution in [2.24, 2.45) is 0 Å². The van der Waals surface area contributed by atoms with Crippen LogP contribution >= 0.6 is 0 Å². The summed E-state index contributed by atoms with van der Waals surface area (Å²) in [7, 11) is 0. The Hall–Kier alpha value is -1.49. The van der Waals surface area contributed by atoms with Gasteiger partial charge in [-0.1, -0.05) is 0 Å². The summed E-state index contributed by atoms with van der Waals surface area (Å²) in [6.07, 6.45) is -44.7. The van der Waals surface area contributed by atoms with E-state index in [-0.39, 0.29) is 0 Å². The lowest BCUT2D eigenvalue weighted by Crippen LogP contribution is -2.70. The lowest BCUT2D eigenvalue weighted by Gasteiger charge is -2.51. The molecule has 25 atom stereocenters. The lowest BCUT2D eigenvalue weighted by molar-refractivity contribution is -0.406. The van der Waals surface area contributed by atoms with Crippen LogP contribution in [-0.2, 0) is 52.2 Å². The van der Waals surface area contributed by atoms with Gasteiger partial charge in [0.05, 0.1) is 33.0 Å². The third kappa shape index (κ3) is 9.02. The molecule has 0 aliphatic carbocycles. The second-order valence-electron chi connectivity index (χ2n) is 14.8. The number of amides is 1. The van der Waals surface area contributed by atoms with Gasteiger partial charge >= 0.3 is 0 Å². The van der Waals surface area contributed by atoms with Gasteiger partial charge in [-0.05, 0) is 0 Å². The maximum absolute atomic E-state index is 12.5. The molecule has 0 aromatic heterocycles. The molecular formula is C32H53NO25. The van der Waals surface area contributed by atoms with Crippen molar-refractivity contribution in [3.05, 3.63) is 0 Å². The Labute approximate surface area is 328 Å². The number of hydrogen-bond donors (Lipinski definition) is 15. The molecule has 26 nitrogen and oxygen atoms in total. The zero-order valence-corrected chi connectivity index (χ0v) is 30.7. The second-order valence-corrected chi connectivity index (χ2v) is 14.8. The molecule has 1 amide bonds. The molecule has 58 heavy (non-hydrogen) atoms. The maximum Gasteiger partial charge on any atom is 0.217 e. The average Bonchev–Trinajstić information content (AvgIpc) is 3.20. The molecule has 6 aliphatic heterocycles. The van der Waals surface area contributed by atoms with Crippen molar-refractivity contribution < 1.29 is 124 Å². The number of ether oxygens (including phenoxy) is 10. The van der Waals surface area contributed by atoms with Gasteiger partial charge in [0.1, 0.15) is 122 Å². The van der Waals surface area contributed by atoms with Crippen LogP contribution in [-0.4, -0.2) is 264 Å². The Bertz CT molecular complexity index is 1340. The first-order chi connectivity index (χ1) is 27.5. The van der Waals surface area contributed by atoms with Crippen LogP contribution in [0.2, 0.25) is 0 Å². The summed E-state index contributed by atoms with van der Waals surface area (Å²) in [5.41, 5.74) is 0. The highest BCUT2D eigenvalue weighted by Gasteiger charge is 2.58. The van der Waals surface area contributed by atoms with E-state index in [4.69, 9.17) is 47.4 Å². The van der Waals surface area contributed by atoms with Crippen LogP contribution in [0.1, 0.15) is 6.92 Å². The fourth-order valence-corrected chi connectivity index (χ4v) is 7.69. The Balaban J connectivity index is 1.43. The van der Waals surface area contributed by atoms with Crippen molar-refractivity contribution in [1.82, 2.24) is 5.32 Å². The van der Waals surface area contributed by atoms with Crippen LogP contribution in [0.25, 0.3) is 0 Å². The van der Waals surface area contributed by atoms with Gasteiger partial charge in [-0.3, -0.25) is 4.79 Å². The van der Waals surface area contributed by atoms with E-state index < -0.39 is 192 Å². The Morgan fingerprint density at radius 2 is 1.00 bits per heavy atom. The highest BCUT2D eigenvalue weighted by atomic mass is 16.8. The van der Waals surface area contributed by atoms with E-state index in [2.05, 4.69) is 5.32 Å². The molecule has 15 N–H and O–H groups in total. The van der Waals surface area contributed by atoms with E-state index in [1.165, 1.54) is 0 Å². The number of nitrogens with one attached hydrogen (secondary N) is 1. The van der Waals surface area contributed by atoms with Crippen molar-refractivity contribution >= 4 is 5.91 Å². The van der Waals surface area contributed by atoms with Crippen LogP contribution < -0.4 is 5.32 Å². The highest BCUT2D eigenvalue weighted by molar-refractivity contribution is 5.73. The Kier molecular flexibility index (Phi) is 15.3. The molecular weight excluding hydrogens is 798 g/mol. The number of rotatable bonds is 7. The van der Waals surface area contributed by atoms with Crippen molar-refractivity contribution in [1.29, 1.82) is 0 Å². The molecule has 6 rings (SSSR count). The number of carbonyl (C=O) groups excluding carboxylic acids is 1. The second kappa shape index (κ2) is 19.3. The van der Waals surface area contributed by atoms with Gasteiger partial charge in [-0.15, -0.1) is 0 Å². The van der Waals surface area contributed by atoms with E-state index >= 15 is 0 Å². The fourth-order valence-electron chi connectivity index (χ4n) is 7.69. The van der Waals surface area contributed by atoms with Crippen LogP contribution in [0.15, 0.2) is 0 Å². The van der Waals surface area contributed by atoms with Crippen LogP contribution in [0.3, 0.4) is 0 Å². The summed E-state index contributed by atoms with van der Waals surface area (Å²) in [6, 6.07) is -1.53. The standard InChI is InChI=1S/C32H53NO25/c1-7(38)33-13-25-17(42)10(4-36)50-28(13)49-6-12-16(41)19(44)22(47)30(54-12)57-26-20(45)15(40)9(3-35)52-31(26)58-27-23(48)24(11(5-37)53-32(27)56-25)55-29-21(46)18(43)14(39)8(2-34)51-29/h8-32,34-37,39-48H,2-6H2,1H3,(H,33,38)/t8-,9-,10-,11-,12-,13-,14-,15+,16-,17-,18+,19+,20+,21-,22+,23+,24-,25-,26+,27+,28+,29-,30-,31-,32+/m1/s1. The number of aliphatic hydroxyl groups excluding tert-OH is 14. The predicted octanol–water partition coefficient (Wildman–Crippen LogP) is -10.7. The summed E-state index contributed by atoms with van der Waals surface area (Å²) in [5.74, 6) is -0.732. The minimum absolute atomic E-state index is 0.698. The Morgan fingerprint density at radius 3 is 1.62 bits per heavy atom. The summed E-state index contributed by atoms with van der Waals surface area (Å²) in [4.78, 5) is 12.5. The normalized spacial score (nSPS) is 53.0. The van der Waals surface area contributed by atoms with Gasteiger partial charge in [0.2, 0.25) is 5.91 Å². The summed E-state index contributed by atoms with van der Waals surface area (Å²) in [5, 5.41) is 152. The van der Waals surface area contributed by atoms with Crippen molar-refractivity contribution in [3.63, 3.8) is 0 Å². The highest BCUT2D eigenvalue weighted by Crippen LogP contribution is 2.37. The smallest absolute Gasteiger partial charge is 0.217 e. The minimum atomic E-state index is -2.14. The molecule has 0 unspecified atom stereocenters. The molecule has 0 saturated carbocycles. The molecule has 0 radical (unpaired) electrons. The third-order valence-corrected chi connectivity index (χ3v) is 11.0. The molecule has 336 valence electrons. The number of aliphatic hydroxyl groups is 14. The number of carbonyl (C=O) groups is 1. The summed E-state index contributed by atoms with van der Waals surface area (Å²) < 4.78 is 58.4. The first-order valence-corrected chi connectivity index (χ1v) is 18.6. The van der Waals surface area contributed by atoms with Crippen molar-refractivity contribution in [2.75, 3.05) is 33.0 Å².